The van der Waals surface area contributed by atoms with Crippen molar-refractivity contribution in [2.75, 3.05) is 19.6 Å². The van der Waals surface area contributed by atoms with Crippen LogP contribution in [-0.4, -0.2) is 40.2 Å². The number of carbonyl (C=O) groups is 1. The highest BCUT2D eigenvalue weighted by Gasteiger charge is 2.20. The quantitative estimate of drug-likeness (QED) is 0.871. The highest BCUT2D eigenvalue weighted by Crippen LogP contribution is 2.14. The first-order chi connectivity index (χ1) is 10.9. The second kappa shape index (κ2) is 8.85. The standard InChI is InChI=1S/C18H26N4O.ClH/c1-18(2,3)22-14-16(13-20-22)17(23)21(12-10-19)11-9-15-7-5-4-6-8-15;/h4-8,13-14H,9-12,19H2,1-3H3;1H. The number of nitrogens with zero attached hydrogens (tertiary/aromatic N) is 3. The summed E-state index contributed by atoms with van der Waals surface area (Å²) in [4.78, 5) is 14.5. The van der Waals surface area contributed by atoms with E-state index in [4.69, 9.17) is 5.73 Å². The molecule has 0 atom stereocenters. The van der Waals surface area contributed by atoms with E-state index < -0.39 is 0 Å². The van der Waals surface area contributed by atoms with E-state index in [1.807, 2.05) is 29.1 Å². The van der Waals surface area contributed by atoms with Gasteiger partial charge in [0.05, 0.1) is 17.3 Å². The molecule has 0 fully saturated rings. The molecule has 1 amide bonds. The van der Waals surface area contributed by atoms with Crippen LogP contribution >= 0.6 is 12.4 Å². The molecule has 0 unspecified atom stereocenters. The van der Waals surface area contributed by atoms with Crippen molar-refractivity contribution >= 4 is 18.3 Å². The van der Waals surface area contributed by atoms with Crippen molar-refractivity contribution in [3.63, 3.8) is 0 Å². The molecule has 24 heavy (non-hydrogen) atoms. The molecular formula is C18H27ClN4O. The van der Waals surface area contributed by atoms with Gasteiger partial charge in [0.1, 0.15) is 0 Å². The first-order valence-electron chi connectivity index (χ1n) is 8.00. The van der Waals surface area contributed by atoms with E-state index in [2.05, 4.69) is 38.0 Å². The van der Waals surface area contributed by atoms with Crippen molar-refractivity contribution in [1.82, 2.24) is 14.7 Å². The molecule has 0 bridgehead atoms. The second-order valence-corrected chi connectivity index (χ2v) is 6.66. The minimum absolute atomic E-state index is 0. The Morgan fingerprint density at radius 1 is 1.21 bits per heavy atom. The third-order valence-electron chi connectivity index (χ3n) is 3.72. The van der Waals surface area contributed by atoms with Gasteiger partial charge in [-0.2, -0.15) is 5.10 Å². The maximum absolute atomic E-state index is 12.7. The molecule has 5 nitrogen and oxygen atoms in total. The fraction of sp³-hybridized carbons (Fsp3) is 0.444. The summed E-state index contributed by atoms with van der Waals surface area (Å²) >= 11 is 0. The van der Waals surface area contributed by atoms with Crippen molar-refractivity contribution in [3.05, 3.63) is 53.9 Å². The summed E-state index contributed by atoms with van der Waals surface area (Å²) in [7, 11) is 0. The second-order valence-electron chi connectivity index (χ2n) is 6.66. The molecule has 0 aliphatic heterocycles. The van der Waals surface area contributed by atoms with Gasteiger partial charge in [0.25, 0.3) is 5.91 Å². The van der Waals surface area contributed by atoms with Crippen LogP contribution in [-0.2, 0) is 12.0 Å². The van der Waals surface area contributed by atoms with Crippen LogP contribution in [0.5, 0.6) is 0 Å². The Kier molecular flexibility index (Phi) is 7.45. The van der Waals surface area contributed by atoms with Crippen LogP contribution in [0.2, 0.25) is 0 Å². The fourth-order valence-electron chi connectivity index (χ4n) is 2.36. The summed E-state index contributed by atoms with van der Waals surface area (Å²) in [6.45, 7) is 7.82. The molecule has 0 spiro atoms. The number of aromatic nitrogens is 2. The number of rotatable bonds is 6. The van der Waals surface area contributed by atoms with Crippen LogP contribution in [0.1, 0.15) is 36.7 Å². The lowest BCUT2D eigenvalue weighted by Gasteiger charge is -2.22. The molecule has 0 aliphatic rings. The molecule has 0 saturated heterocycles. The molecule has 132 valence electrons. The minimum Gasteiger partial charge on any atom is -0.337 e. The van der Waals surface area contributed by atoms with Gasteiger partial charge in [-0.05, 0) is 32.8 Å². The molecule has 1 heterocycles. The summed E-state index contributed by atoms with van der Waals surface area (Å²) in [6, 6.07) is 10.2. The Morgan fingerprint density at radius 2 is 1.88 bits per heavy atom. The Morgan fingerprint density at radius 3 is 2.42 bits per heavy atom. The van der Waals surface area contributed by atoms with Crippen LogP contribution in [0.15, 0.2) is 42.7 Å². The molecule has 2 aromatic rings. The van der Waals surface area contributed by atoms with E-state index in [0.717, 1.165) is 6.42 Å². The van der Waals surface area contributed by atoms with Crippen molar-refractivity contribution in [2.24, 2.45) is 5.73 Å². The van der Waals surface area contributed by atoms with E-state index in [0.29, 0.717) is 25.2 Å². The monoisotopic (exact) mass is 350 g/mol. The summed E-state index contributed by atoms with van der Waals surface area (Å²) in [5, 5.41) is 4.31. The smallest absolute Gasteiger partial charge is 0.257 e. The maximum atomic E-state index is 12.7. The summed E-state index contributed by atoms with van der Waals surface area (Å²) < 4.78 is 1.82. The first-order valence-corrected chi connectivity index (χ1v) is 8.00. The lowest BCUT2D eigenvalue weighted by Crippen LogP contribution is -2.36. The molecular weight excluding hydrogens is 324 g/mol. The zero-order valence-corrected chi connectivity index (χ0v) is 15.4. The van der Waals surface area contributed by atoms with Crippen LogP contribution in [0.3, 0.4) is 0 Å². The normalized spacial score (nSPS) is 11.0. The third-order valence-corrected chi connectivity index (χ3v) is 3.72. The summed E-state index contributed by atoms with van der Waals surface area (Å²) in [5.74, 6) is -0.0121. The van der Waals surface area contributed by atoms with Gasteiger partial charge in [-0.1, -0.05) is 30.3 Å². The zero-order valence-electron chi connectivity index (χ0n) is 14.6. The molecule has 0 saturated carbocycles. The highest BCUT2D eigenvalue weighted by atomic mass is 35.5. The zero-order chi connectivity index (χ0) is 16.9. The third kappa shape index (κ3) is 5.35. The molecule has 0 aliphatic carbocycles. The van der Waals surface area contributed by atoms with Gasteiger partial charge in [0.15, 0.2) is 0 Å². The van der Waals surface area contributed by atoms with E-state index >= 15 is 0 Å². The largest absolute Gasteiger partial charge is 0.337 e. The van der Waals surface area contributed by atoms with Gasteiger partial charge in [0, 0.05) is 25.8 Å². The SMILES string of the molecule is CC(C)(C)n1cc(C(=O)N(CCN)CCc2ccccc2)cn1.Cl. The van der Waals surface area contributed by atoms with E-state index in [-0.39, 0.29) is 23.9 Å². The first kappa shape index (κ1) is 20.2. The number of nitrogens with two attached hydrogens (primary N) is 1. The molecule has 1 aromatic carbocycles. The van der Waals surface area contributed by atoms with Crippen LogP contribution in [0.4, 0.5) is 0 Å². The maximum Gasteiger partial charge on any atom is 0.257 e. The number of carbonyl (C=O) groups excluding carboxylic acids is 1. The Labute approximate surface area is 150 Å². The van der Waals surface area contributed by atoms with Gasteiger partial charge in [-0.25, -0.2) is 0 Å². The topological polar surface area (TPSA) is 64.2 Å². The number of hydrogen-bond donors (Lipinski definition) is 1. The average Bonchev–Trinajstić information content (AvgIpc) is 3.02. The van der Waals surface area contributed by atoms with E-state index in [1.165, 1.54) is 5.56 Å². The van der Waals surface area contributed by atoms with Crippen LogP contribution in [0.25, 0.3) is 0 Å². The highest BCUT2D eigenvalue weighted by molar-refractivity contribution is 5.93. The predicted octanol–water partition coefficient (Wildman–Crippen LogP) is 2.70. The van der Waals surface area contributed by atoms with Crippen molar-refractivity contribution < 1.29 is 4.79 Å². The predicted molar refractivity (Wildman–Crippen MR) is 99.6 cm³/mol. The number of halogens is 1. The number of hydrogen-bond acceptors (Lipinski definition) is 3. The summed E-state index contributed by atoms with van der Waals surface area (Å²) in [5.41, 5.74) is 7.36. The number of benzene rings is 1. The van der Waals surface area contributed by atoms with Crippen LogP contribution < -0.4 is 5.73 Å². The lowest BCUT2D eigenvalue weighted by atomic mass is 10.1. The van der Waals surface area contributed by atoms with Crippen LogP contribution in [0, 0.1) is 0 Å². The van der Waals surface area contributed by atoms with Gasteiger partial charge < -0.3 is 10.6 Å². The molecule has 1 aromatic heterocycles. The Balaban J connectivity index is 0.00000288. The van der Waals surface area contributed by atoms with Gasteiger partial charge >= 0.3 is 0 Å². The molecule has 0 radical (unpaired) electrons. The molecule has 2 N–H and O–H groups in total. The molecule has 6 heteroatoms. The Hall–Kier alpha value is -1.85. The van der Waals surface area contributed by atoms with Crippen molar-refractivity contribution in [1.29, 1.82) is 0 Å². The number of amides is 1. The fourth-order valence-corrected chi connectivity index (χ4v) is 2.36. The van der Waals surface area contributed by atoms with Crippen molar-refractivity contribution in [2.45, 2.75) is 32.7 Å². The minimum atomic E-state index is -0.138. The molecule has 2 rings (SSSR count). The van der Waals surface area contributed by atoms with E-state index in [9.17, 15) is 4.79 Å². The summed E-state index contributed by atoms with van der Waals surface area (Å²) in [6.07, 6.45) is 4.27. The van der Waals surface area contributed by atoms with E-state index in [1.54, 1.807) is 11.1 Å². The van der Waals surface area contributed by atoms with Gasteiger partial charge in [-0.3, -0.25) is 9.48 Å². The van der Waals surface area contributed by atoms with Crippen molar-refractivity contribution in [3.8, 4) is 0 Å². The van der Waals surface area contributed by atoms with Gasteiger partial charge in [0.2, 0.25) is 0 Å². The van der Waals surface area contributed by atoms with Gasteiger partial charge in [-0.15, -0.1) is 12.4 Å². The lowest BCUT2D eigenvalue weighted by molar-refractivity contribution is 0.0762. The Bertz CT molecular complexity index is 634. The average molecular weight is 351 g/mol.